The lowest BCUT2D eigenvalue weighted by molar-refractivity contribution is -0.116. The molecule has 1 saturated heterocycles. The molecule has 0 unspecified atom stereocenters. The summed E-state index contributed by atoms with van der Waals surface area (Å²) in [7, 11) is 1.59. The standard InChI is InChI=1S/C23H26N2O4/c1-27-20-14-17(15-21-23(20)29-13-12-28-21)8-9-22(26)24-16-18-6-2-3-7-19(18)25-10-4-5-11-25/h2-3,6-9,14-15H,4-5,10-13,16H2,1H3,(H,24,26)/b9-8+. The van der Waals surface area contributed by atoms with Gasteiger partial charge in [-0.3, -0.25) is 4.79 Å². The summed E-state index contributed by atoms with van der Waals surface area (Å²) in [5.74, 6) is 1.70. The van der Waals surface area contributed by atoms with Crippen molar-refractivity contribution in [1.29, 1.82) is 0 Å². The fourth-order valence-electron chi connectivity index (χ4n) is 3.73. The molecule has 6 heteroatoms. The Balaban J connectivity index is 1.41. The van der Waals surface area contributed by atoms with Crippen molar-refractivity contribution < 1.29 is 19.0 Å². The van der Waals surface area contributed by atoms with Crippen LogP contribution in [0.4, 0.5) is 5.69 Å². The van der Waals surface area contributed by atoms with Gasteiger partial charge in [-0.15, -0.1) is 0 Å². The van der Waals surface area contributed by atoms with Gasteiger partial charge in [-0.2, -0.15) is 0 Å². The van der Waals surface area contributed by atoms with Crippen molar-refractivity contribution in [2.75, 3.05) is 38.3 Å². The van der Waals surface area contributed by atoms with E-state index in [1.807, 2.05) is 24.3 Å². The summed E-state index contributed by atoms with van der Waals surface area (Å²) < 4.78 is 16.6. The summed E-state index contributed by atoms with van der Waals surface area (Å²) in [5, 5.41) is 2.98. The molecule has 1 N–H and O–H groups in total. The Hall–Kier alpha value is -3.15. The third-order valence-corrected chi connectivity index (χ3v) is 5.17. The average Bonchev–Trinajstić information content (AvgIpc) is 3.30. The van der Waals surface area contributed by atoms with Crippen molar-refractivity contribution in [3.8, 4) is 17.2 Å². The summed E-state index contributed by atoms with van der Waals surface area (Å²) >= 11 is 0. The van der Waals surface area contributed by atoms with Crippen LogP contribution in [0.25, 0.3) is 6.08 Å². The molecule has 2 heterocycles. The van der Waals surface area contributed by atoms with E-state index in [0.717, 1.165) is 24.2 Å². The van der Waals surface area contributed by atoms with E-state index in [1.54, 1.807) is 13.2 Å². The van der Waals surface area contributed by atoms with E-state index in [9.17, 15) is 4.79 Å². The van der Waals surface area contributed by atoms with Crippen molar-refractivity contribution in [3.63, 3.8) is 0 Å². The Kier molecular flexibility index (Phi) is 5.89. The molecule has 2 aliphatic rings. The van der Waals surface area contributed by atoms with Gasteiger partial charge >= 0.3 is 0 Å². The SMILES string of the molecule is COc1cc(/C=C/C(=O)NCc2ccccc2N2CCCC2)cc2c1OCCO2. The Morgan fingerprint density at radius 2 is 1.97 bits per heavy atom. The van der Waals surface area contributed by atoms with E-state index >= 15 is 0 Å². The Bertz CT molecular complexity index is 886. The van der Waals surface area contributed by atoms with Crippen molar-refractivity contribution in [3.05, 3.63) is 53.6 Å². The highest BCUT2D eigenvalue weighted by Gasteiger charge is 2.18. The normalized spacial score (nSPS) is 15.6. The molecule has 6 nitrogen and oxygen atoms in total. The maximum atomic E-state index is 12.4. The third kappa shape index (κ3) is 4.47. The second kappa shape index (κ2) is 8.90. The summed E-state index contributed by atoms with van der Waals surface area (Å²) in [5.41, 5.74) is 3.17. The van der Waals surface area contributed by atoms with Gasteiger partial charge < -0.3 is 24.4 Å². The fourth-order valence-corrected chi connectivity index (χ4v) is 3.73. The zero-order valence-electron chi connectivity index (χ0n) is 16.6. The van der Waals surface area contributed by atoms with Gasteiger partial charge in [-0.05, 0) is 48.2 Å². The first kappa shape index (κ1) is 19.2. The van der Waals surface area contributed by atoms with Crippen LogP contribution in [0.1, 0.15) is 24.0 Å². The molecular formula is C23H26N2O4. The number of methoxy groups -OCH3 is 1. The molecule has 0 spiro atoms. The zero-order chi connectivity index (χ0) is 20.1. The number of nitrogens with one attached hydrogen (secondary N) is 1. The van der Waals surface area contributed by atoms with Crippen LogP contribution >= 0.6 is 0 Å². The van der Waals surface area contributed by atoms with Crippen LogP contribution in [0.3, 0.4) is 0 Å². The minimum absolute atomic E-state index is 0.143. The molecule has 0 aromatic heterocycles. The number of carbonyl (C=O) groups excluding carboxylic acids is 1. The van der Waals surface area contributed by atoms with Gasteiger partial charge in [0.15, 0.2) is 11.5 Å². The first-order chi connectivity index (χ1) is 14.2. The summed E-state index contributed by atoms with van der Waals surface area (Å²) in [6.07, 6.45) is 5.73. The topological polar surface area (TPSA) is 60.0 Å². The molecule has 1 amide bonds. The molecule has 2 aromatic carbocycles. The van der Waals surface area contributed by atoms with Gasteiger partial charge in [0.05, 0.1) is 7.11 Å². The molecule has 0 bridgehead atoms. The van der Waals surface area contributed by atoms with E-state index in [0.29, 0.717) is 37.0 Å². The number of hydrogen-bond donors (Lipinski definition) is 1. The van der Waals surface area contributed by atoms with Gasteiger partial charge in [0, 0.05) is 31.4 Å². The van der Waals surface area contributed by atoms with E-state index in [-0.39, 0.29) is 5.91 Å². The summed E-state index contributed by atoms with van der Waals surface area (Å²) in [4.78, 5) is 14.8. The molecule has 0 atom stereocenters. The summed E-state index contributed by atoms with van der Waals surface area (Å²) in [6.45, 7) is 3.66. The van der Waals surface area contributed by atoms with Crippen molar-refractivity contribution in [2.45, 2.75) is 19.4 Å². The lowest BCUT2D eigenvalue weighted by Gasteiger charge is -2.21. The van der Waals surface area contributed by atoms with Crippen LogP contribution in [-0.4, -0.2) is 39.3 Å². The minimum atomic E-state index is -0.143. The Morgan fingerprint density at radius 3 is 2.79 bits per heavy atom. The minimum Gasteiger partial charge on any atom is -0.493 e. The number of amides is 1. The smallest absolute Gasteiger partial charge is 0.244 e. The number of hydrogen-bond acceptors (Lipinski definition) is 5. The van der Waals surface area contributed by atoms with Crippen LogP contribution in [0.5, 0.6) is 17.2 Å². The van der Waals surface area contributed by atoms with Crippen molar-refractivity contribution in [1.82, 2.24) is 5.32 Å². The summed E-state index contributed by atoms with van der Waals surface area (Å²) in [6, 6.07) is 11.9. The molecule has 2 aromatic rings. The van der Waals surface area contributed by atoms with Crippen molar-refractivity contribution >= 4 is 17.7 Å². The molecule has 4 rings (SSSR count). The highest BCUT2D eigenvalue weighted by molar-refractivity contribution is 5.92. The van der Waals surface area contributed by atoms with Crippen LogP contribution in [0.2, 0.25) is 0 Å². The van der Waals surface area contributed by atoms with Crippen LogP contribution in [0, 0.1) is 0 Å². The third-order valence-electron chi connectivity index (χ3n) is 5.17. The van der Waals surface area contributed by atoms with Crippen LogP contribution in [-0.2, 0) is 11.3 Å². The number of fused-ring (bicyclic) bond motifs is 1. The number of benzene rings is 2. The lowest BCUT2D eigenvalue weighted by atomic mass is 10.1. The quantitative estimate of drug-likeness (QED) is 0.761. The molecule has 0 radical (unpaired) electrons. The molecule has 0 aliphatic carbocycles. The molecular weight excluding hydrogens is 368 g/mol. The first-order valence-electron chi connectivity index (χ1n) is 10.0. The molecule has 29 heavy (non-hydrogen) atoms. The van der Waals surface area contributed by atoms with Crippen LogP contribution in [0.15, 0.2) is 42.5 Å². The Morgan fingerprint density at radius 1 is 1.17 bits per heavy atom. The maximum Gasteiger partial charge on any atom is 0.244 e. The zero-order valence-corrected chi connectivity index (χ0v) is 16.6. The van der Waals surface area contributed by atoms with Gasteiger partial charge in [0.1, 0.15) is 13.2 Å². The first-order valence-corrected chi connectivity index (χ1v) is 10.0. The van der Waals surface area contributed by atoms with E-state index in [4.69, 9.17) is 14.2 Å². The molecule has 1 fully saturated rings. The molecule has 2 aliphatic heterocycles. The van der Waals surface area contributed by atoms with Crippen LogP contribution < -0.4 is 24.4 Å². The van der Waals surface area contributed by atoms with E-state index < -0.39 is 0 Å². The van der Waals surface area contributed by atoms with Gasteiger partial charge in [0.25, 0.3) is 0 Å². The highest BCUT2D eigenvalue weighted by atomic mass is 16.6. The molecule has 0 saturated carbocycles. The number of para-hydroxylation sites is 1. The second-order valence-electron chi connectivity index (χ2n) is 7.12. The second-order valence-corrected chi connectivity index (χ2v) is 7.12. The van der Waals surface area contributed by atoms with E-state index in [2.05, 4.69) is 22.3 Å². The number of nitrogens with zero attached hydrogens (tertiary/aromatic N) is 1. The lowest BCUT2D eigenvalue weighted by Crippen LogP contribution is -2.24. The number of ether oxygens (including phenoxy) is 3. The predicted molar refractivity (Wildman–Crippen MR) is 113 cm³/mol. The Labute approximate surface area is 171 Å². The monoisotopic (exact) mass is 394 g/mol. The molecule has 152 valence electrons. The largest absolute Gasteiger partial charge is 0.493 e. The number of rotatable bonds is 6. The average molecular weight is 394 g/mol. The fraction of sp³-hybridized carbons (Fsp3) is 0.348. The van der Waals surface area contributed by atoms with Gasteiger partial charge in [-0.1, -0.05) is 18.2 Å². The highest BCUT2D eigenvalue weighted by Crippen LogP contribution is 2.40. The van der Waals surface area contributed by atoms with Gasteiger partial charge in [-0.25, -0.2) is 0 Å². The maximum absolute atomic E-state index is 12.4. The number of anilines is 1. The van der Waals surface area contributed by atoms with E-state index in [1.165, 1.54) is 24.6 Å². The van der Waals surface area contributed by atoms with Gasteiger partial charge in [0.2, 0.25) is 11.7 Å². The number of carbonyl (C=O) groups is 1. The predicted octanol–water partition coefficient (Wildman–Crippen LogP) is 3.40. The van der Waals surface area contributed by atoms with Crippen molar-refractivity contribution in [2.24, 2.45) is 0 Å².